The Balaban J connectivity index is 0.00000451. The van der Waals surface area contributed by atoms with Crippen molar-refractivity contribution in [1.29, 1.82) is 0 Å². The fourth-order valence-electron chi connectivity index (χ4n) is 6.01. The van der Waals surface area contributed by atoms with E-state index in [9.17, 15) is 14.7 Å². The number of aromatic nitrogens is 3. The van der Waals surface area contributed by atoms with E-state index in [0.29, 0.717) is 92.9 Å². The summed E-state index contributed by atoms with van der Waals surface area (Å²) in [5, 5.41) is 14.9. The van der Waals surface area contributed by atoms with Crippen molar-refractivity contribution in [3.05, 3.63) is 58.4 Å². The number of benzene rings is 1. The molecule has 3 aromatic rings. The molecule has 3 aliphatic heterocycles. The minimum atomic E-state index is -0.682. The number of β-amino-alcohol motifs (C(OH)–C–C–N with tert-alkyl or cyclic N) is 1. The minimum Gasteiger partial charge on any atom is -0.484 e. The highest BCUT2D eigenvalue weighted by Gasteiger charge is 2.27. The van der Waals surface area contributed by atoms with Crippen molar-refractivity contribution >= 4 is 48.6 Å². The first kappa shape index (κ1) is 35.9. The van der Waals surface area contributed by atoms with Gasteiger partial charge in [-0.25, -0.2) is 9.97 Å². The van der Waals surface area contributed by atoms with Crippen molar-refractivity contribution in [3.63, 3.8) is 0 Å². The second-order valence-electron chi connectivity index (χ2n) is 12.7. The molecule has 48 heavy (non-hydrogen) atoms. The molecule has 0 spiro atoms. The quantitative estimate of drug-likeness (QED) is 0.252. The SMILES string of the molecule is CC(C)C(=O)N1CCN(c2nc(NC3COC3)cc(C(=O)CC[C@H](O)CN3CCc4c(ccc(OCc5cnco5)c4Cl)C3)n2)CC1.S. The molecule has 0 unspecified atom stereocenters. The number of Topliss-reactive ketones (excluding diaryl/α,β-unsaturated/α-hetero) is 1. The van der Waals surface area contributed by atoms with Crippen LogP contribution in [0.1, 0.15) is 54.1 Å². The first-order chi connectivity index (χ1) is 22.7. The zero-order valence-corrected chi connectivity index (χ0v) is 29.1. The van der Waals surface area contributed by atoms with Gasteiger partial charge in [0.25, 0.3) is 0 Å². The number of fused-ring (bicyclic) bond motifs is 1. The second kappa shape index (κ2) is 16.3. The Hall–Kier alpha value is -3.43. The van der Waals surface area contributed by atoms with Gasteiger partial charge in [0.15, 0.2) is 17.9 Å². The summed E-state index contributed by atoms with van der Waals surface area (Å²) >= 11 is 6.69. The number of aliphatic hydroxyl groups excluding tert-OH is 1. The van der Waals surface area contributed by atoms with Crippen LogP contribution in [-0.2, 0) is 29.1 Å². The third-order valence-corrected chi connectivity index (χ3v) is 9.18. The number of anilines is 2. The van der Waals surface area contributed by atoms with E-state index in [4.69, 9.17) is 30.5 Å². The van der Waals surface area contributed by atoms with Crippen LogP contribution in [0.3, 0.4) is 0 Å². The number of hydrogen-bond donors (Lipinski definition) is 2. The molecule has 0 bridgehead atoms. The van der Waals surface area contributed by atoms with Crippen LogP contribution < -0.4 is 15.0 Å². The fourth-order valence-corrected chi connectivity index (χ4v) is 6.34. The van der Waals surface area contributed by atoms with E-state index in [1.807, 2.05) is 35.8 Å². The van der Waals surface area contributed by atoms with E-state index >= 15 is 0 Å². The largest absolute Gasteiger partial charge is 0.484 e. The number of amides is 1. The Bertz CT molecular complexity index is 1550. The number of carbonyl (C=O) groups is 2. The van der Waals surface area contributed by atoms with Gasteiger partial charge in [0.2, 0.25) is 11.9 Å². The maximum absolute atomic E-state index is 13.4. The third kappa shape index (κ3) is 8.77. The summed E-state index contributed by atoms with van der Waals surface area (Å²) in [5.74, 6) is 2.19. The lowest BCUT2D eigenvalue weighted by atomic mass is 9.98. The number of ketones is 1. The molecule has 3 aliphatic rings. The lowest BCUT2D eigenvalue weighted by Gasteiger charge is -2.36. The van der Waals surface area contributed by atoms with E-state index < -0.39 is 6.10 Å². The monoisotopic (exact) mass is 701 g/mol. The van der Waals surface area contributed by atoms with E-state index in [2.05, 4.69) is 20.2 Å². The number of carbonyl (C=O) groups excluding carboxylic acids is 2. The first-order valence-corrected chi connectivity index (χ1v) is 16.6. The van der Waals surface area contributed by atoms with Crippen LogP contribution in [0, 0.1) is 5.92 Å². The van der Waals surface area contributed by atoms with Crippen LogP contribution >= 0.6 is 25.1 Å². The predicted molar refractivity (Wildman–Crippen MR) is 185 cm³/mol. The number of rotatable bonds is 13. The number of nitrogens with zero attached hydrogens (tertiary/aromatic N) is 6. The summed E-state index contributed by atoms with van der Waals surface area (Å²) in [5.41, 5.74) is 2.46. The van der Waals surface area contributed by atoms with Crippen LogP contribution in [0.4, 0.5) is 11.8 Å². The topological polar surface area (TPSA) is 146 Å². The standard InChI is InChI=1S/C33H42ClN7O6.H2S/c1-21(2)32(44)40-9-11-41(12-10-40)33-37-27(13-30(38-33)36-23-17-45-18-23)28(43)5-4-24(42)16-39-8-7-26-22(15-39)3-6-29(31(26)34)46-19-25-14-35-20-47-25;/h3,6,13-14,20-21,23-24,42H,4-5,7-12,15-19H2,1-2H3,(H,36,37,38);1H2/t24-;/m0./s1. The molecule has 6 rings (SSSR count). The molecular weight excluding hydrogens is 658 g/mol. The molecule has 2 saturated heterocycles. The zero-order valence-electron chi connectivity index (χ0n) is 27.4. The number of halogens is 1. The molecule has 5 heterocycles. The smallest absolute Gasteiger partial charge is 0.228 e. The van der Waals surface area contributed by atoms with Gasteiger partial charge in [0.05, 0.1) is 36.6 Å². The molecule has 15 heteroatoms. The van der Waals surface area contributed by atoms with Crippen molar-refractivity contribution < 1.29 is 28.6 Å². The average molecular weight is 702 g/mol. The van der Waals surface area contributed by atoms with Crippen molar-refractivity contribution in [2.75, 3.05) is 62.7 Å². The molecule has 2 aromatic heterocycles. The fraction of sp³-hybridized carbons (Fsp3) is 0.545. The molecule has 13 nitrogen and oxygen atoms in total. The molecule has 1 amide bonds. The van der Waals surface area contributed by atoms with Gasteiger partial charge in [0, 0.05) is 64.2 Å². The number of hydrogen-bond acceptors (Lipinski definition) is 12. The van der Waals surface area contributed by atoms with Crippen molar-refractivity contribution in [3.8, 4) is 5.75 Å². The Morgan fingerprint density at radius 2 is 1.94 bits per heavy atom. The summed E-state index contributed by atoms with van der Waals surface area (Å²) in [6.45, 7) is 9.37. The molecular formula is C33H44ClN7O6S. The molecule has 0 aliphatic carbocycles. The number of nitrogens with one attached hydrogen (secondary N) is 1. The van der Waals surface area contributed by atoms with Crippen LogP contribution in [0.25, 0.3) is 0 Å². The summed E-state index contributed by atoms with van der Waals surface area (Å²) in [6, 6.07) is 5.68. The molecule has 2 fully saturated rings. The maximum Gasteiger partial charge on any atom is 0.228 e. The molecule has 260 valence electrons. The Kier molecular flexibility index (Phi) is 12.2. The van der Waals surface area contributed by atoms with Gasteiger partial charge >= 0.3 is 0 Å². The lowest BCUT2D eigenvalue weighted by Crippen LogP contribution is -2.50. The van der Waals surface area contributed by atoms with Gasteiger partial charge in [-0.05, 0) is 30.0 Å². The highest BCUT2D eigenvalue weighted by atomic mass is 35.5. The molecule has 1 aromatic carbocycles. The maximum atomic E-state index is 13.4. The van der Waals surface area contributed by atoms with Gasteiger partial charge < -0.3 is 34.1 Å². The van der Waals surface area contributed by atoms with Gasteiger partial charge in [-0.1, -0.05) is 31.5 Å². The highest BCUT2D eigenvalue weighted by Crippen LogP contribution is 2.34. The highest BCUT2D eigenvalue weighted by molar-refractivity contribution is 7.59. The van der Waals surface area contributed by atoms with Crippen molar-refractivity contribution in [2.24, 2.45) is 5.92 Å². The molecule has 0 saturated carbocycles. The summed E-state index contributed by atoms with van der Waals surface area (Å²) in [4.78, 5) is 45.2. The lowest BCUT2D eigenvalue weighted by molar-refractivity contribution is -0.134. The Labute approximate surface area is 292 Å². The molecule has 1 atom stereocenters. The Morgan fingerprint density at radius 3 is 2.62 bits per heavy atom. The van der Waals surface area contributed by atoms with Crippen LogP contribution in [0.2, 0.25) is 5.02 Å². The normalized spacial score (nSPS) is 17.4. The van der Waals surface area contributed by atoms with Gasteiger partial charge in [-0.15, -0.1) is 0 Å². The van der Waals surface area contributed by atoms with Crippen LogP contribution in [-0.4, -0.2) is 106 Å². The van der Waals surface area contributed by atoms with Gasteiger partial charge in [0.1, 0.15) is 23.9 Å². The summed E-state index contributed by atoms with van der Waals surface area (Å²) in [7, 11) is 0. The second-order valence-corrected chi connectivity index (χ2v) is 13.0. The van der Waals surface area contributed by atoms with Crippen LogP contribution in [0.5, 0.6) is 5.75 Å². The van der Waals surface area contributed by atoms with Gasteiger partial charge in [-0.3, -0.25) is 14.5 Å². The average Bonchev–Trinajstić information content (AvgIpc) is 3.58. The zero-order chi connectivity index (χ0) is 32.9. The third-order valence-electron chi connectivity index (χ3n) is 8.76. The first-order valence-electron chi connectivity index (χ1n) is 16.2. The van der Waals surface area contributed by atoms with E-state index in [-0.39, 0.29) is 50.2 Å². The van der Waals surface area contributed by atoms with Crippen molar-refractivity contribution in [2.45, 2.75) is 58.4 Å². The summed E-state index contributed by atoms with van der Waals surface area (Å²) < 4.78 is 16.4. The number of oxazole rings is 1. The van der Waals surface area contributed by atoms with E-state index in [1.54, 1.807) is 12.3 Å². The predicted octanol–water partition coefficient (Wildman–Crippen LogP) is 3.31. The molecule has 2 N–H and O–H groups in total. The van der Waals surface area contributed by atoms with E-state index in [1.165, 1.54) is 6.39 Å². The number of ether oxygens (including phenoxy) is 2. The Morgan fingerprint density at radius 1 is 1.15 bits per heavy atom. The van der Waals surface area contributed by atoms with E-state index in [0.717, 1.165) is 24.1 Å². The molecule has 0 radical (unpaired) electrons. The minimum absolute atomic E-state index is 0. The van der Waals surface area contributed by atoms with Crippen LogP contribution in [0.15, 0.2) is 35.2 Å². The summed E-state index contributed by atoms with van der Waals surface area (Å²) in [6.07, 6.45) is 3.48. The van der Waals surface area contributed by atoms with Crippen molar-refractivity contribution in [1.82, 2.24) is 24.8 Å². The number of aliphatic hydroxyl groups is 1. The number of piperazine rings is 1. The van der Waals surface area contributed by atoms with Gasteiger partial charge in [-0.2, -0.15) is 18.5 Å².